The van der Waals surface area contributed by atoms with Crippen molar-refractivity contribution >= 4 is 29.5 Å². The quantitative estimate of drug-likeness (QED) is 0.781. The average molecular weight is 280 g/mol. The van der Waals surface area contributed by atoms with Crippen LogP contribution < -0.4 is 0 Å². The Balaban J connectivity index is 2.09. The van der Waals surface area contributed by atoms with E-state index >= 15 is 0 Å². The highest BCUT2D eigenvalue weighted by Crippen LogP contribution is 2.16. The molecule has 1 heterocycles. The first-order valence-corrected chi connectivity index (χ1v) is 6.11. The third-order valence-electron chi connectivity index (χ3n) is 2.67. The molecule has 0 unspecified atom stereocenters. The second-order valence-corrected chi connectivity index (χ2v) is 4.43. The summed E-state index contributed by atoms with van der Waals surface area (Å²) in [4.78, 5) is 24.4. The van der Waals surface area contributed by atoms with Crippen LogP contribution in [-0.4, -0.2) is 23.3 Å². The van der Waals surface area contributed by atoms with E-state index in [1.807, 2.05) is 0 Å². The van der Waals surface area contributed by atoms with Crippen molar-refractivity contribution in [2.75, 3.05) is 6.54 Å². The zero-order valence-electron chi connectivity index (χ0n) is 9.98. The van der Waals surface area contributed by atoms with E-state index in [4.69, 9.17) is 11.6 Å². The van der Waals surface area contributed by atoms with Gasteiger partial charge in [0.15, 0.2) is 0 Å². The smallest absolute Gasteiger partial charge is 0.253 e. The largest absolute Gasteiger partial charge is 0.275 e. The van der Waals surface area contributed by atoms with Crippen LogP contribution in [0.25, 0.3) is 6.08 Å². The Morgan fingerprint density at radius 3 is 2.89 bits per heavy atom. The molecule has 0 N–H and O–H groups in total. The number of benzene rings is 1. The molecule has 0 bridgehead atoms. The Morgan fingerprint density at radius 2 is 2.21 bits per heavy atom. The third kappa shape index (κ3) is 3.29. The van der Waals surface area contributed by atoms with Gasteiger partial charge in [0, 0.05) is 12.6 Å². The molecule has 0 saturated carbocycles. The Kier molecular flexibility index (Phi) is 4.12. The lowest BCUT2D eigenvalue weighted by Crippen LogP contribution is -2.37. The molecule has 2 amide bonds. The predicted molar refractivity (Wildman–Crippen MR) is 70.9 cm³/mol. The topological polar surface area (TPSA) is 37.4 Å². The number of rotatable bonds is 2. The molecule has 0 aromatic heterocycles. The lowest BCUT2D eigenvalue weighted by Gasteiger charge is -2.19. The number of amides is 2. The minimum absolute atomic E-state index is 0.0276. The summed E-state index contributed by atoms with van der Waals surface area (Å²) in [7, 11) is 0. The molecule has 19 heavy (non-hydrogen) atoms. The van der Waals surface area contributed by atoms with Gasteiger partial charge in [0.1, 0.15) is 5.82 Å². The van der Waals surface area contributed by atoms with E-state index in [2.05, 4.69) is 0 Å². The van der Waals surface area contributed by atoms with Crippen LogP contribution in [0.5, 0.6) is 0 Å². The summed E-state index contributed by atoms with van der Waals surface area (Å²) >= 11 is 5.56. The van der Waals surface area contributed by atoms with E-state index in [1.54, 1.807) is 12.1 Å². The molecule has 3 nitrogen and oxygen atoms in total. The Labute approximate surface area is 115 Å². The predicted octanol–water partition coefficient (Wildman–Crippen LogP) is 2.81. The maximum Gasteiger partial charge on any atom is 0.253 e. The molecule has 0 radical (unpaired) electrons. The van der Waals surface area contributed by atoms with Gasteiger partial charge in [0.25, 0.3) is 11.8 Å². The number of hydrogen-bond acceptors (Lipinski definition) is 2. The fourth-order valence-electron chi connectivity index (χ4n) is 1.68. The molecular formula is C14H11ClFNO2. The minimum atomic E-state index is -0.548. The Bertz CT molecular complexity index is 581. The van der Waals surface area contributed by atoms with Gasteiger partial charge < -0.3 is 0 Å². The molecule has 0 atom stereocenters. The van der Waals surface area contributed by atoms with Crippen LogP contribution in [0.1, 0.15) is 12.0 Å². The summed E-state index contributed by atoms with van der Waals surface area (Å²) in [5, 5.41) is 0.0276. The summed E-state index contributed by atoms with van der Waals surface area (Å²) in [6, 6.07) is 4.23. The number of carbonyl (C=O) groups is 2. The van der Waals surface area contributed by atoms with Gasteiger partial charge in [-0.3, -0.25) is 14.5 Å². The van der Waals surface area contributed by atoms with E-state index < -0.39 is 11.7 Å². The zero-order chi connectivity index (χ0) is 13.8. The molecule has 1 aliphatic rings. The lowest BCUT2D eigenvalue weighted by molar-refractivity contribution is -0.139. The van der Waals surface area contributed by atoms with Gasteiger partial charge in [-0.25, -0.2) is 4.39 Å². The van der Waals surface area contributed by atoms with Gasteiger partial charge in [-0.1, -0.05) is 23.7 Å². The molecule has 0 saturated heterocycles. The molecule has 0 fully saturated rings. The van der Waals surface area contributed by atoms with E-state index in [1.165, 1.54) is 30.4 Å². The van der Waals surface area contributed by atoms with Crippen LogP contribution >= 0.6 is 11.6 Å². The number of nitrogens with zero attached hydrogens (tertiary/aromatic N) is 1. The molecule has 1 aromatic carbocycles. The molecule has 1 aliphatic heterocycles. The fourth-order valence-corrected chi connectivity index (χ4v) is 1.80. The van der Waals surface area contributed by atoms with E-state index in [0.717, 1.165) is 4.90 Å². The second-order valence-electron chi connectivity index (χ2n) is 4.03. The van der Waals surface area contributed by atoms with Gasteiger partial charge in [-0.05, 0) is 36.3 Å². The van der Waals surface area contributed by atoms with Gasteiger partial charge >= 0.3 is 0 Å². The molecule has 0 aliphatic carbocycles. The number of imide groups is 1. The standard InChI is InChI=1S/C14H11ClFNO2/c15-11-6-4-10(9-12(11)16)5-7-14(19)17-8-2-1-3-13(17)18/h1,3-7,9H,2,8H2/b7-5+. The van der Waals surface area contributed by atoms with Crippen molar-refractivity contribution < 1.29 is 14.0 Å². The first-order chi connectivity index (χ1) is 9.08. The Morgan fingerprint density at radius 1 is 1.42 bits per heavy atom. The van der Waals surface area contributed by atoms with Gasteiger partial charge in [-0.2, -0.15) is 0 Å². The van der Waals surface area contributed by atoms with Crippen LogP contribution in [0.4, 0.5) is 4.39 Å². The average Bonchev–Trinajstić information content (AvgIpc) is 2.40. The highest BCUT2D eigenvalue weighted by atomic mass is 35.5. The van der Waals surface area contributed by atoms with Crippen LogP contribution in [0.15, 0.2) is 36.4 Å². The minimum Gasteiger partial charge on any atom is -0.275 e. The lowest BCUT2D eigenvalue weighted by atomic mass is 10.2. The van der Waals surface area contributed by atoms with Crippen LogP contribution in [0.3, 0.4) is 0 Å². The SMILES string of the molecule is O=C1C=CCCN1C(=O)/C=C/c1ccc(Cl)c(F)c1. The summed E-state index contributed by atoms with van der Waals surface area (Å²) < 4.78 is 13.2. The van der Waals surface area contributed by atoms with Gasteiger partial charge in [0.05, 0.1) is 5.02 Å². The highest BCUT2D eigenvalue weighted by Gasteiger charge is 2.18. The van der Waals surface area contributed by atoms with E-state index in [-0.39, 0.29) is 10.9 Å². The van der Waals surface area contributed by atoms with Crippen molar-refractivity contribution in [1.82, 2.24) is 4.90 Å². The van der Waals surface area contributed by atoms with Crippen LogP contribution in [-0.2, 0) is 9.59 Å². The van der Waals surface area contributed by atoms with Crippen LogP contribution in [0, 0.1) is 5.82 Å². The molecule has 5 heteroatoms. The van der Waals surface area contributed by atoms with Crippen molar-refractivity contribution in [3.8, 4) is 0 Å². The molecule has 0 spiro atoms. The maximum atomic E-state index is 13.2. The number of halogens is 2. The molecule has 98 valence electrons. The zero-order valence-corrected chi connectivity index (χ0v) is 10.7. The molecule has 2 rings (SSSR count). The van der Waals surface area contributed by atoms with Crippen LogP contribution in [0.2, 0.25) is 5.02 Å². The van der Waals surface area contributed by atoms with Crippen molar-refractivity contribution in [3.05, 3.63) is 52.8 Å². The number of carbonyl (C=O) groups excluding carboxylic acids is 2. The summed E-state index contributed by atoms with van der Waals surface area (Å²) in [5.74, 6) is -1.29. The maximum absolute atomic E-state index is 13.2. The van der Waals surface area contributed by atoms with Gasteiger partial charge in [-0.15, -0.1) is 0 Å². The first kappa shape index (κ1) is 13.5. The molecular weight excluding hydrogens is 269 g/mol. The van der Waals surface area contributed by atoms with E-state index in [9.17, 15) is 14.0 Å². The summed E-state index contributed by atoms with van der Waals surface area (Å²) in [5.41, 5.74) is 0.509. The second kappa shape index (κ2) is 5.80. The highest BCUT2D eigenvalue weighted by molar-refractivity contribution is 6.30. The first-order valence-electron chi connectivity index (χ1n) is 5.73. The van der Waals surface area contributed by atoms with Crippen molar-refractivity contribution in [2.24, 2.45) is 0 Å². The summed E-state index contributed by atoms with van der Waals surface area (Å²) in [6.07, 6.45) is 6.45. The third-order valence-corrected chi connectivity index (χ3v) is 2.98. The van der Waals surface area contributed by atoms with Crippen molar-refractivity contribution in [3.63, 3.8) is 0 Å². The fraction of sp³-hybridized carbons (Fsp3) is 0.143. The van der Waals surface area contributed by atoms with Crippen molar-refractivity contribution in [2.45, 2.75) is 6.42 Å². The summed E-state index contributed by atoms with van der Waals surface area (Å²) in [6.45, 7) is 0.369. The number of hydrogen-bond donors (Lipinski definition) is 0. The van der Waals surface area contributed by atoms with E-state index in [0.29, 0.717) is 18.5 Å². The van der Waals surface area contributed by atoms with Gasteiger partial charge in [0.2, 0.25) is 0 Å². The van der Waals surface area contributed by atoms with Crippen molar-refractivity contribution in [1.29, 1.82) is 0 Å². The normalized spacial score (nSPS) is 15.3. The molecule has 1 aromatic rings. The monoisotopic (exact) mass is 279 g/mol. The Hall–Kier alpha value is -1.94.